The van der Waals surface area contributed by atoms with Crippen molar-refractivity contribution in [3.63, 3.8) is 0 Å². The Hall–Kier alpha value is -7.66. The number of fused-ring (bicyclic) bond motifs is 2. The first-order valence-electron chi connectivity index (χ1n) is 21.8. The minimum atomic E-state index is 0.796. The van der Waals surface area contributed by atoms with E-state index in [2.05, 4.69) is 187 Å². The molecule has 1 aliphatic carbocycles. The van der Waals surface area contributed by atoms with Gasteiger partial charge in [-0.25, -0.2) is 4.42 Å². The zero-order valence-electron chi connectivity index (χ0n) is 35.6. The van der Waals surface area contributed by atoms with Crippen LogP contribution < -0.4 is 14.5 Å². The molecule has 4 nitrogen and oxygen atoms in total. The van der Waals surface area contributed by atoms with E-state index in [0.29, 0.717) is 0 Å². The summed E-state index contributed by atoms with van der Waals surface area (Å²) in [6, 6.07) is 66.9. The highest BCUT2D eigenvalue weighted by Gasteiger charge is 2.23. The molecule has 0 amide bonds. The predicted octanol–water partition coefficient (Wildman–Crippen LogP) is 16.8. The zero-order chi connectivity index (χ0) is 43.2. The number of para-hydroxylation sites is 3. The third kappa shape index (κ3) is 8.57. The highest BCUT2D eigenvalue weighted by atomic mass is 35.5. The molecule has 1 aromatic heterocycles. The molecule has 0 radical (unpaired) electrons. The van der Waals surface area contributed by atoms with Crippen molar-refractivity contribution < 1.29 is 9.15 Å². The van der Waals surface area contributed by atoms with Gasteiger partial charge in [0.25, 0.3) is 0 Å². The molecule has 0 bridgehead atoms. The first-order chi connectivity index (χ1) is 31.6. The minimum absolute atomic E-state index is 0.796. The van der Waals surface area contributed by atoms with Gasteiger partial charge < -0.3 is 14.5 Å². The summed E-state index contributed by atoms with van der Waals surface area (Å²) in [6.45, 7) is 0. The minimum Gasteiger partial charge on any atom is -0.456 e. The summed E-state index contributed by atoms with van der Waals surface area (Å²) >= 11 is 7.35. The molecule has 5 heteroatoms. The van der Waals surface area contributed by atoms with Crippen LogP contribution in [0.4, 0.5) is 28.4 Å². The highest BCUT2D eigenvalue weighted by molar-refractivity contribution is 6.32. The average Bonchev–Trinajstić information content (AvgIpc) is 3.36. The Kier molecular flexibility index (Phi) is 11.6. The van der Waals surface area contributed by atoms with E-state index in [1.807, 2.05) is 54.6 Å². The van der Waals surface area contributed by atoms with Gasteiger partial charge in [-0.2, -0.15) is 0 Å². The summed E-state index contributed by atoms with van der Waals surface area (Å²) in [5.41, 5.74) is 13.5. The van der Waals surface area contributed by atoms with Crippen LogP contribution in [0.1, 0.15) is 36.0 Å². The Morgan fingerprint density at radius 3 is 1.84 bits per heavy atom. The molecule has 1 aliphatic heterocycles. The van der Waals surface area contributed by atoms with Crippen molar-refractivity contribution in [3.8, 4) is 17.1 Å². The van der Waals surface area contributed by atoms with E-state index in [0.717, 1.165) is 120 Å². The lowest BCUT2D eigenvalue weighted by Gasteiger charge is -2.25. The first-order valence-corrected chi connectivity index (χ1v) is 22.2. The van der Waals surface area contributed by atoms with E-state index >= 15 is 0 Å². The van der Waals surface area contributed by atoms with Crippen LogP contribution in [0.2, 0.25) is 0 Å². The molecular formula is C59H46ClN2O2+. The molecule has 0 spiro atoms. The molecule has 2 heterocycles. The monoisotopic (exact) mass is 849 g/mol. The van der Waals surface area contributed by atoms with Gasteiger partial charge in [-0.1, -0.05) is 139 Å². The van der Waals surface area contributed by atoms with Gasteiger partial charge in [-0.15, -0.1) is 0 Å². The lowest BCUT2D eigenvalue weighted by Crippen LogP contribution is -2.10. The summed E-state index contributed by atoms with van der Waals surface area (Å²) < 4.78 is 13.4. The van der Waals surface area contributed by atoms with E-state index in [1.165, 1.54) is 0 Å². The number of allylic oxidation sites excluding steroid dienone is 8. The van der Waals surface area contributed by atoms with E-state index in [-0.39, 0.29) is 0 Å². The standard InChI is InChI=1S/C59H46ClN2O2/c1-61(48-24-11-4-12-25-48)51-34-36-53-46(38-55(63-57(53)40-51)42-18-7-2-8-19-42)32-30-44-22-17-23-45(59(44)60)31-33-47-39-56(43-20-9-3-10-21-43)64-58-41-52(35-37-54(47)58)62(49-26-13-5-14-27-49)50-28-15-6-16-29-50/h2-16,18-21,24-41H,17,22-23H2,1H3/q+1. The van der Waals surface area contributed by atoms with Crippen LogP contribution in [0.25, 0.3) is 39.7 Å². The van der Waals surface area contributed by atoms with Crippen LogP contribution in [0, 0.1) is 0 Å². The third-order valence-electron chi connectivity index (χ3n) is 11.9. The largest absolute Gasteiger partial charge is 0.456 e. The van der Waals surface area contributed by atoms with Crippen molar-refractivity contribution in [1.82, 2.24) is 0 Å². The maximum atomic E-state index is 7.35. The van der Waals surface area contributed by atoms with E-state index < -0.39 is 0 Å². The fraction of sp³-hybridized carbons (Fsp3) is 0.0678. The van der Waals surface area contributed by atoms with Gasteiger partial charge in [0, 0.05) is 57.6 Å². The average molecular weight is 850 g/mol. The van der Waals surface area contributed by atoms with Gasteiger partial charge in [-0.3, -0.25) is 0 Å². The Bertz CT molecular complexity index is 3060. The van der Waals surface area contributed by atoms with Gasteiger partial charge in [0.1, 0.15) is 11.5 Å². The molecule has 0 saturated carbocycles. The van der Waals surface area contributed by atoms with Crippen LogP contribution in [-0.2, 0) is 0 Å². The van der Waals surface area contributed by atoms with Crippen molar-refractivity contribution in [2.24, 2.45) is 0 Å². The number of benzene rings is 7. The number of hydrogen-bond acceptors (Lipinski definition) is 3. The maximum absolute atomic E-state index is 7.35. The lowest BCUT2D eigenvalue weighted by molar-refractivity contribution is 0.509. The molecule has 310 valence electrons. The number of ether oxygens (including phenoxy) is 1. The predicted molar refractivity (Wildman–Crippen MR) is 269 cm³/mol. The third-order valence-corrected chi connectivity index (χ3v) is 12.4. The van der Waals surface area contributed by atoms with Crippen LogP contribution >= 0.6 is 11.6 Å². The second-order valence-electron chi connectivity index (χ2n) is 16.0. The van der Waals surface area contributed by atoms with Gasteiger partial charge in [-0.05, 0) is 115 Å². The first kappa shape index (κ1) is 40.4. The summed E-state index contributed by atoms with van der Waals surface area (Å²) in [6.07, 6.45) is 13.7. The molecule has 0 fully saturated rings. The van der Waals surface area contributed by atoms with Gasteiger partial charge in [0.05, 0.1) is 28.8 Å². The van der Waals surface area contributed by atoms with Gasteiger partial charge >= 0.3 is 11.3 Å². The van der Waals surface area contributed by atoms with Crippen molar-refractivity contribution in [3.05, 3.63) is 251 Å². The van der Waals surface area contributed by atoms with E-state index in [1.54, 1.807) is 0 Å². The topological polar surface area (TPSA) is 27.0 Å². The van der Waals surface area contributed by atoms with Crippen LogP contribution in [-0.4, -0.2) is 7.05 Å². The summed E-state index contributed by atoms with van der Waals surface area (Å²) in [5, 5.41) is 1.82. The SMILES string of the molecule is CN(c1ccccc1)c1ccc2c(c1)OC(c1ccccc1)=C/C2=C\C=C1/CCCC(/C=C/c2cc(-c3ccccc3)[o+]c3cc(N(c4ccccc4)c4ccccc4)ccc23)=C1Cl. The fourth-order valence-electron chi connectivity index (χ4n) is 8.51. The van der Waals surface area contributed by atoms with Crippen LogP contribution in [0.3, 0.4) is 0 Å². The smallest absolute Gasteiger partial charge is 0.363 e. The maximum Gasteiger partial charge on any atom is 0.363 e. The van der Waals surface area contributed by atoms with Crippen LogP contribution in [0.15, 0.2) is 239 Å². The second kappa shape index (κ2) is 18.4. The molecule has 8 aromatic rings. The number of nitrogens with zero attached hydrogens (tertiary/aromatic N) is 2. The number of halogens is 1. The fourth-order valence-corrected chi connectivity index (χ4v) is 8.82. The van der Waals surface area contributed by atoms with Gasteiger partial charge in [0.15, 0.2) is 0 Å². The zero-order valence-corrected chi connectivity index (χ0v) is 36.3. The van der Waals surface area contributed by atoms with Crippen molar-refractivity contribution in [2.45, 2.75) is 19.3 Å². The molecule has 0 unspecified atom stereocenters. The molecule has 10 rings (SSSR count). The Balaban J connectivity index is 1.01. The molecule has 0 N–H and O–H groups in total. The second-order valence-corrected chi connectivity index (χ2v) is 16.4. The molecule has 7 aromatic carbocycles. The normalized spacial score (nSPS) is 15.0. The highest BCUT2D eigenvalue weighted by Crippen LogP contribution is 2.42. The molecular weight excluding hydrogens is 804 g/mol. The molecule has 2 aliphatic rings. The van der Waals surface area contributed by atoms with Crippen LogP contribution in [0.5, 0.6) is 5.75 Å². The molecule has 0 atom stereocenters. The Labute approximate surface area is 380 Å². The molecule has 64 heavy (non-hydrogen) atoms. The summed E-state index contributed by atoms with van der Waals surface area (Å²) in [5.74, 6) is 2.42. The van der Waals surface area contributed by atoms with Gasteiger partial charge in [0.2, 0.25) is 0 Å². The van der Waals surface area contributed by atoms with Crippen molar-refractivity contribution in [2.75, 3.05) is 16.8 Å². The quantitative estimate of drug-likeness (QED) is 0.128. The Morgan fingerprint density at radius 2 is 1.17 bits per heavy atom. The summed E-state index contributed by atoms with van der Waals surface area (Å²) in [7, 11) is 2.08. The van der Waals surface area contributed by atoms with Crippen molar-refractivity contribution in [1.29, 1.82) is 0 Å². The van der Waals surface area contributed by atoms with E-state index in [9.17, 15) is 0 Å². The van der Waals surface area contributed by atoms with E-state index in [4.69, 9.17) is 20.8 Å². The number of rotatable bonds is 10. The van der Waals surface area contributed by atoms with Crippen molar-refractivity contribution >= 4 is 68.4 Å². The Morgan fingerprint density at radius 1 is 0.562 bits per heavy atom. The lowest BCUT2D eigenvalue weighted by atomic mass is 9.92. The number of hydrogen-bond donors (Lipinski definition) is 0. The number of anilines is 5. The molecule has 0 saturated heterocycles. The summed E-state index contributed by atoms with van der Waals surface area (Å²) in [4.78, 5) is 4.43.